The lowest BCUT2D eigenvalue weighted by Crippen LogP contribution is -1.88. The standard InChI is InChI=1S/C13H12F/c1-2-13(14)12-8-7-10-5-3-4-6-11(10)9-12/h3-9,13H,1-2H2. The molecule has 0 aliphatic heterocycles. The third-order valence-electron chi connectivity index (χ3n) is 2.39. The molecule has 2 aromatic rings. The molecule has 2 rings (SSSR count). The highest BCUT2D eigenvalue weighted by Crippen LogP contribution is 2.24. The van der Waals surface area contributed by atoms with Crippen LogP contribution in [-0.4, -0.2) is 0 Å². The normalized spacial score (nSPS) is 13.0. The van der Waals surface area contributed by atoms with E-state index in [0.29, 0.717) is 6.42 Å². The minimum absolute atomic E-state index is 0.290. The first-order valence-corrected chi connectivity index (χ1v) is 4.73. The van der Waals surface area contributed by atoms with Gasteiger partial charge in [-0.05, 0) is 28.8 Å². The average molecular weight is 187 g/mol. The summed E-state index contributed by atoms with van der Waals surface area (Å²) >= 11 is 0. The van der Waals surface area contributed by atoms with Crippen molar-refractivity contribution in [2.45, 2.75) is 12.6 Å². The van der Waals surface area contributed by atoms with Crippen LogP contribution in [0, 0.1) is 6.92 Å². The third kappa shape index (κ3) is 1.63. The van der Waals surface area contributed by atoms with Gasteiger partial charge in [-0.1, -0.05) is 43.3 Å². The van der Waals surface area contributed by atoms with Crippen molar-refractivity contribution < 1.29 is 4.39 Å². The molecule has 0 saturated heterocycles. The van der Waals surface area contributed by atoms with Gasteiger partial charge in [0.05, 0.1) is 0 Å². The van der Waals surface area contributed by atoms with Gasteiger partial charge in [-0.25, -0.2) is 4.39 Å². The van der Waals surface area contributed by atoms with Crippen molar-refractivity contribution in [3.63, 3.8) is 0 Å². The minimum atomic E-state index is -0.945. The summed E-state index contributed by atoms with van der Waals surface area (Å²) in [4.78, 5) is 0. The van der Waals surface area contributed by atoms with E-state index in [9.17, 15) is 4.39 Å². The predicted molar refractivity (Wildman–Crippen MR) is 57.8 cm³/mol. The van der Waals surface area contributed by atoms with Crippen LogP contribution in [0.15, 0.2) is 42.5 Å². The van der Waals surface area contributed by atoms with Crippen LogP contribution in [0.3, 0.4) is 0 Å². The molecule has 0 amide bonds. The molecule has 0 N–H and O–H groups in total. The Morgan fingerprint density at radius 2 is 1.79 bits per heavy atom. The van der Waals surface area contributed by atoms with Crippen LogP contribution in [-0.2, 0) is 0 Å². The van der Waals surface area contributed by atoms with Crippen molar-refractivity contribution in [2.24, 2.45) is 0 Å². The summed E-state index contributed by atoms with van der Waals surface area (Å²) in [7, 11) is 0. The van der Waals surface area contributed by atoms with E-state index in [0.717, 1.165) is 16.3 Å². The average Bonchev–Trinajstić information content (AvgIpc) is 2.27. The van der Waals surface area contributed by atoms with Crippen LogP contribution >= 0.6 is 0 Å². The van der Waals surface area contributed by atoms with Crippen LogP contribution in [0.2, 0.25) is 0 Å². The molecule has 0 heterocycles. The van der Waals surface area contributed by atoms with Gasteiger partial charge in [-0.3, -0.25) is 0 Å². The molecule has 0 saturated carbocycles. The maximum absolute atomic E-state index is 13.3. The molecule has 0 aromatic heterocycles. The fraction of sp³-hybridized carbons (Fsp3) is 0.154. The maximum atomic E-state index is 13.3. The van der Waals surface area contributed by atoms with Crippen LogP contribution < -0.4 is 0 Å². The highest BCUT2D eigenvalue weighted by atomic mass is 19.1. The maximum Gasteiger partial charge on any atom is 0.125 e. The number of fused-ring (bicyclic) bond motifs is 1. The van der Waals surface area contributed by atoms with Gasteiger partial charge in [0.25, 0.3) is 0 Å². The fourth-order valence-electron chi connectivity index (χ4n) is 1.57. The SMILES string of the molecule is [CH2]CC(F)c1ccc2ccccc2c1. The quantitative estimate of drug-likeness (QED) is 0.664. The Labute approximate surface area is 83.4 Å². The summed E-state index contributed by atoms with van der Waals surface area (Å²) in [5.41, 5.74) is 0.721. The van der Waals surface area contributed by atoms with Crippen molar-refractivity contribution in [3.05, 3.63) is 55.0 Å². The number of alkyl halides is 1. The minimum Gasteiger partial charge on any atom is -0.242 e. The molecule has 14 heavy (non-hydrogen) atoms. The molecular formula is C13H12F. The summed E-state index contributed by atoms with van der Waals surface area (Å²) in [6.45, 7) is 3.57. The van der Waals surface area contributed by atoms with Gasteiger partial charge in [0.15, 0.2) is 0 Å². The Balaban J connectivity index is 2.51. The first kappa shape index (κ1) is 9.20. The second kappa shape index (κ2) is 3.79. The molecule has 2 aromatic carbocycles. The molecule has 0 bridgehead atoms. The summed E-state index contributed by atoms with van der Waals surface area (Å²) in [5, 5.41) is 2.23. The lowest BCUT2D eigenvalue weighted by molar-refractivity contribution is 0.346. The molecular weight excluding hydrogens is 175 g/mol. The van der Waals surface area contributed by atoms with Crippen LogP contribution in [0.1, 0.15) is 18.2 Å². The molecule has 0 aliphatic rings. The van der Waals surface area contributed by atoms with E-state index in [-0.39, 0.29) is 0 Å². The second-order valence-electron chi connectivity index (χ2n) is 3.36. The number of hydrogen-bond acceptors (Lipinski definition) is 0. The number of benzene rings is 2. The predicted octanol–water partition coefficient (Wildman–Crippen LogP) is 4.07. The van der Waals surface area contributed by atoms with E-state index >= 15 is 0 Å². The third-order valence-corrected chi connectivity index (χ3v) is 2.39. The van der Waals surface area contributed by atoms with Gasteiger partial charge >= 0.3 is 0 Å². The van der Waals surface area contributed by atoms with E-state index in [1.54, 1.807) is 0 Å². The molecule has 0 fully saturated rings. The van der Waals surface area contributed by atoms with Crippen molar-refractivity contribution in [2.75, 3.05) is 0 Å². The van der Waals surface area contributed by atoms with Crippen molar-refractivity contribution >= 4 is 10.8 Å². The van der Waals surface area contributed by atoms with Crippen LogP contribution in [0.5, 0.6) is 0 Å². The summed E-state index contributed by atoms with van der Waals surface area (Å²) in [5.74, 6) is 0. The highest BCUT2D eigenvalue weighted by Gasteiger charge is 2.06. The van der Waals surface area contributed by atoms with Crippen molar-refractivity contribution in [3.8, 4) is 0 Å². The zero-order chi connectivity index (χ0) is 9.97. The van der Waals surface area contributed by atoms with Gasteiger partial charge in [-0.2, -0.15) is 0 Å². The number of halogens is 1. The molecule has 1 heteroatoms. The van der Waals surface area contributed by atoms with Crippen LogP contribution in [0.4, 0.5) is 4.39 Å². The lowest BCUT2D eigenvalue weighted by Gasteiger charge is -2.06. The lowest BCUT2D eigenvalue weighted by atomic mass is 10.0. The molecule has 0 nitrogen and oxygen atoms in total. The molecule has 1 unspecified atom stereocenters. The molecule has 1 radical (unpaired) electrons. The van der Waals surface area contributed by atoms with Gasteiger partial charge in [0.2, 0.25) is 0 Å². The topological polar surface area (TPSA) is 0 Å². The monoisotopic (exact) mass is 187 g/mol. The Morgan fingerprint density at radius 1 is 1.07 bits per heavy atom. The van der Waals surface area contributed by atoms with Crippen LogP contribution in [0.25, 0.3) is 10.8 Å². The van der Waals surface area contributed by atoms with E-state index < -0.39 is 6.17 Å². The molecule has 0 aliphatic carbocycles. The van der Waals surface area contributed by atoms with Gasteiger partial charge in [-0.15, -0.1) is 0 Å². The zero-order valence-corrected chi connectivity index (χ0v) is 7.91. The van der Waals surface area contributed by atoms with Gasteiger partial charge in [0.1, 0.15) is 6.17 Å². The first-order chi connectivity index (χ1) is 6.81. The summed E-state index contributed by atoms with van der Waals surface area (Å²) < 4.78 is 13.3. The van der Waals surface area contributed by atoms with E-state index in [1.807, 2.05) is 42.5 Å². The Bertz CT molecular complexity index is 434. The van der Waals surface area contributed by atoms with Crippen molar-refractivity contribution in [1.29, 1.82) is 0 Å². The summed E-state index contributed by atoms with van der Waals surface area (Å²) in [6, 6.07) is 13.6. The first-order valence-electron chi connectivity index (χ1n) is 4.73. The van der Waals surface area contributed by atoms with Gasteiger partial charge < -0.3 is 0 Å². The highest BCUT2D eigenvalue weighted by molar-refractivity contribution is 5.83. The number of rotatable bonds is 2. The zero-order valence-electron chi connectivity index (χ0n) is 7.91. The Morgan fingerprint density at radius 3 is 2.50 bits per heavy atom. The molecule has 0 spiro atoms. The number of hydrogen-bond donors (Lipinski definition) is 0. The Hall–Kier alpha value is -1.37. The summed E-state index contributed by atoms with van der Waals surface area (Å²) in [6.07, 6.45) is -0.655. The molecule has 71 valence electrons. The van der Waals surface area contributed by atoms with Gasteiger partial charge in [0, 0.05) is 0 Å². The largest absolute Gasteiger partial charge is 0.242 e. The Kier molecular flexibility index (Phi) is 2.49. The smallest absolute Gasteiger partial charge is 0.125 e. The van der Waals surface area contributed by atoms with E-state index in [2.05, 4.69) is 6.92 Å². The molecule has 1 atom stereocenters. The van der Waals surface area contributed by atoms with Crippen molar-refractivity contribution in [1.82, 2.24) is 0 Å². The van der Waals surface area contributed by atoms with E-state index in [1.165, 1.54) is 0 Å². The fourth-order valence-corrected chi connectivity index (χ4v) is 1.57. The second-order valence-corrected chi connectivity index (χ2v) is 3.36. The van der Waals surface area contributed by atoms with E-state index in [4.69, 9.17) is 0 Å².